The molecule has 0 unspecified atom stereocenters. The summed E-state index contributed by atoms with van der Waals surface area (Å²) in [6.45, 7) is 0.443. The highest BCUT2D eigenvalue weighted by atomic mass is 32.2. The lowest BCUT2D eigenvalue weighted by Gasteiger charge is -2.10. The van der Waals surface area contributed by atoms with E-state index in [1.807, 2.05) is 0 Å². The minimum absolute atomic E-state index is 0.0415. The van der Waals surface area contributed by atoms with E-state index in [0.29, 0.717) is 30.0 Å². The molecule has 18 heavy (non-hydrogen) atoms. The smallest absolute Gasteiger partial charge is 0.154 e. The fraction of sp³-hybridized carbons (Fsp3) is 0.500. The van der Waals surface area contributed by atoms with E-state index in [2.05, 4.69) is 0 Å². The van der Waals surface area contributed by atoms with Gasteiger partial charge in [0.15, 0.2) is 9.84 Å². The second-order valence-corrected chi connectivity index (χ2v) is 6.19. The van der Waals surface area contributed by atoms with E-state index in [4.69, 9.17) is 15.2 Å². The van der Waals surface area contributed by atoms with Gasteiger partial charge in [0.2, 0.25) is 0 Å². The van der Waals surface area contributed by atoms with Crippen molar-refractivity contribution in [3.8, 4) is 5.75 Å². The molecule has 0 aliphatic heterocycles. The number of nitrogens with two attached hydrogens (primary N) is 1. The predicted octanol–water partition coefficient (Wildman–Crippen LogP) is 1.23. The monoisotopic (exact) mass is 273 g/mol. The Morgan fingerprint density at radius 1 is 1.28 bits per heavy atom. The van der Waals surface area contributed by atoms with Crippen molar-refractivity contribution >= 4 is 15.5 Å². The van der Waals surface area contributed by atoms with Crippen molar-refractivity contribution in [2.24, 2.45) is 0 Å². The van der Waals surface area contributed by atoms with Crippen LogP contribution in [0.4, 0.5) is 5.69 Å². The zero-order valence-electron chi connectivity index (χ0n) is 10.7. The molecule has 0 aliphatic rings. The molecule has 0 bridgehead atoms. The third-order valence-corrected chi connectivity index (χ3v) is 4.15. The van der Waals surface area contributed by atoms with Gasteiger partial charge in [-0.1, -0.05) is 6.07 Å². The molecule has 5 nitrogen and oxygen atoms in total. The lowest BCUT2D eigenvalue weighted by Crippen LogP contribution is -2.12. The van der Waals surface area contributed by atoms with Crippen LogP contribution in [0.1, 0.15) is 12.0 Å². The molecular formula is C12H19NO4S. The van der Waals surface area contributed by atoms with Gasteiger partial charge in [-0.05, 0) is 12.5 Å². The summed E-state index contributed by atoms with van der Waals surface area (Å²) >= 11 is 0. The summed E-state index contributed by atoms with van der Waals surface area (Å²) in [7, 11) is -0.106. The standard InChI is InChI=1S/C12H19NO4S/c1-16-6-3-7-18(14,15)9-10-4-5-11(13)8-12(10)17-2/h4-5,8H,3,6-7,9,13H2,1-2H3. The maximum absolute atomic E-state index is 11.9. The van der Waals surface area contributed by atoms with Crippen LogP contribution in [-0.2, 0) is 20.3 Å². The molecule has 0 spiro atoms. The van der Waals surface area contributed by atoms with Crippen LogP contribution in [0.3, 0.4) is 0 Å². The van der Waals surface area contributed by atoms with Gasteiger partial charge in [-0.3, -0.25) is 0 Å². The van der Waals surface area contributed by atoms with Gasteiger partial charge in [0.05, 0.1) is 18.6 Å². The van der Waals surface area contributed by atoms with Crippen molar-refractivity contribution in [1.82, 2.24) is 0 Å². The molecule has 0 amide bonds. The van der Waals surface area contributed by atoms with Crippen LogP contribution in [0.5, 0.6) is 5.75 Å². The Morgan fingerprint density at radius 2 is 2.00 bits per heavy atom. The third-order valence-electron chi connectivity index (χ3n) is 2.49. The van der Waals surface area contributed by atoms with E-state index in [1.54, 1.807) is 25.3 Å². The molecular weight excluding hydrogens is 254 g/mol. The Morgan fingerprint density at radius 3 is 2.61 bits per heavy atom. The van der Waals surface area contributed by atoms with Crippen LogP contribution >= 0.6 is 0 Å². The van der Waals surface area contributed by atoms with E-state index in [-0.39, 0.29) is 11.5 Å². The summed E-state index contributed by atoms with van der Waals surface area (Å²) < 4.78 is 33.7. The lowest BCUT2D eigenvalue weighted by atomic mass is 10.2. The molecule has 1 aromatic carbocycles. The zero-order chi connectivity index (χ0) is 13.6. The van der Waals surface area contributed by atoms with E-state index in [1.165, 1.54) is 7.11 Å². The van der Waals surface area contributed by atoms with Crippen molar-refractivity contribution < 1.29 is 17.9 Å². The van der Waals surface area contributed by atoms with Crippen molar-refractivity contribution in [1.29, 1.82) is 0 Å². The molecule has 0 fully saturated rings. The SMILES string of the molecule is COCCCS(=O)(=O)Cc1ccc(N)cc1OC. The molecule has 1 rings (SSSR count). The minimum Gasteiger partial charge on any atom is -0.496 e. The van der Waals surface area contributed by atoms with Crippen LogP contribution in [-0.4, -0.2) is 35.0 Å². The number of anilines is 1. The Kier molecular flexibility index (Phi) is 5.43. The maximum atomic E-state index is 11.9. The van der Waals surface area contributed by atoms with Crippen LogP contribution in [0.2, 0.25) is 0 Å². The molecule has 0 saturated heterocycles. The number of nitrogen functional groups attached to an aromatic ring is 1. The van der Waals surface area contributed by atoms with Gasteiger partial charge in [0.25, 0.3) is 0 Å². The molecule has 0 radical (unpaired) electrons. The van der Waals surface area contributed by atoms with Gasteiger partial charge in [-0.15, -0.1) is 0 Å². The largest absolute Gasteiger partial charge is 0.496 e. The molecule has 1 aromatic rings. The summed E-state index contributed by atoms with van der Waals surface area (Å²) in [5, 5.41) is 0. The van der Waals surface area contributed by atoms with Crippen molar-refractivity contribution in [2.75, 3.05) is 32.3 Å². The average Bonchev–Trinajstić information content (AvgIpc) is 2.31. The summed E-state index contributed by atoms with van der Waals surface area (Å²) in [5.41, 5.74) is 6.80. The number of hydrogen-bond acceptors (Lipinski definition) is 5. The Hall–Kier alpha value is -1.27. The number of rotatable bonds is 7. The lowest BCUT2D eigenvalue weighted by molar-refractivity contribution is 0.199. The molecule has 0 aliphatic carbocycles. The van der Waals surface area contributed by atoms with Crippen molar-refractivity contribution in [3.05, 3.63) is 23.8 Å². The molecule has 102 valence electrons. The maximum Gasteiger partial charge on any atom is 0.154 e. The highest BCUT2D eigenvalue weighted by Gasteiger charge is 2.15. The van der Waals surface area contributed by atoms with Gasteiger partial charge < -0.3 is 15.2 Å². The van der Waals surface area contributed by atoms with Crippen LogP contribution < -0.4 is 10.5 Å². The van der Waals surface area contributed by atoms with Crippen molar-refractivity contribution in [3.63, 3.8) is 0 Å². The van der Waals surface area contributed by atoms with E-state index in [0.717, 1.165) is 0 Å². The predicted molar refractivity (Wildman–Crippen MR) is 71.4 cm³/mol. The third kappa shape index (κ3) is 4.54. The number of ether oxygens (including phenoxy) is 2. The van der Waals surface area contributed by atoms with Gasteiger partial charge in [-0.2, -0.15) is 0 Å². The van der Waals surface area contributed by atoms with Crippen LogP contribution in [0.25, 0.3) is 0 Å². The topological polar surface area (TPSA) is 78.6 Å². The molecule has 6 heteroatoms. The normalized spacial score (nSPS) is 11.4. The first-order valence-corrected chi connectivity index (χ1v) is 7.42. The Balaban J connectivity index is 2.77. The summed E-state index contributed by atoms with van der Waals surface area (Å²) in [4.78, 5) is 0. The van der Waals surface area contributed by atoms with Gasteiger partial charge in [0.1, 0.15) is 5.75 Å². The van der Waals surface area contributed by atoms with E-state index >= 15 is 0 Å². The first-order valence-electron chi connectivity index (χ1n) is 5.60. The summed E-state index contributed by atoms with van der Waals surface area (Å²) in [6, 6.07) is 4.98. The minimum atomic E-state index is -3.15. The first kappa shape index (κ1) is 14.8. The second-order valence-electron chi connectivity index (χ2n) is 4.01. The average molecular weight is 273 g/mol. The number of sulfone groups is 1. The van der Waals surface area contributed by atoms with E-state index < -0.39 is 9.84 Å². The van der Waals surface area contributed by atoms with Crippen LogP contribution in [0, 0.1) is 0 Å². The zero-order valence-corrected chi connectivity index (χ0v) is 11.5. The van der Waals surface area contributed by atoms with Gasteiger partial charge in [-0.25, -0.2) is 8.42 Å². The molecule has 0 saturated carbocycles. The van der Waals surface area contributed by atoms with Crippen LogP contribution in [0.15, 0.2) is 18.2 Å². The fourth-order valence-electron chi connectivity index (χ4n) is 1.61. The molecule has 0 heterocycles. The van der Waals surface area contributed by atoms with Gasteiger partial charge in [0, 0.05) is 31.0 Å². The summed E-state index contributed by atoms with van der Waals surface area (Å²) in [6.07, 6.45) is 0.496. The molecule has 0 aromatic heterocycles. The number of methoxy groups -OCH3 is 2. The fourth-order valence-corrected chi connectivity index (χ4v) is 3.03. The highest BCUT2D eigenvalue weighted by molar-refractivity contribution is 7.90. The van der Waals surface area contributed by atoms with E-state index in [9.17, 15) is 8.42 Å². The number of benzene rings is 1. The first-order chi connectivity index (χ1) is 8.48. The Labute approximate surface area is 108 Å². The second kappa shape index (κ2) is 6.61. The number of hydrogen-bond donors (Lipinski definition) is 1. The van der Waals surface area contributed by atoms with Crippen molar-refractivity contribution in [2.45, 2.75) is 12.2 Å². The highest BCUT2D eigenvalue weighted by Crippen LogP contribution is 2.23. The quantitative estimate of drug-likeness (QED) is 0.597. The molecule has 2 N–H and O–H groups in total. The van der Waals surface area contributed by atoms with Gasteiger partial charge >= 0.3 is 0 Å². The summed E-state index contributed by atoms with van der Waals surface area (Å²) in [5.74, 6) is 0.569. The Bertz CT molecular complexity index is 485. The molecule has 0 atom stereocenters.